The minimum absolute atomic E-state index is 0.0329. The highest BCUT2D eigenvalue weighted by Crippen LogP contribution is 2.23. The third-order valence-electron chi connectivity index (χ3n) is 3.10. The molecule has 0 aromatic heterocycles. The van der Waals surface area contributed by atoms with Gasteiger partial charge in [-0.15, -0.1) is 0 Å². The molecule has 1 unspecified atom stereocenters. The lowest BCUT2D eigenvalue weighted by molar-refractivity contribution is 0.0898. The standard InChI is InChI=1S/C14H19NO3/c1-10(16)13-9-11(15)4-5-14(13)18-8-6-12-3-2-7-17-12/h4-5,9,12H,2-3,6-8,15H2,1H3. The van der Waals surface area contributed by atoms with Crippen molar-refractivity contribution >= 4 is 11.5 Å². The average Bonchev–Trinajstić information content (AvgIpc) is 2.84. The first-order valence-electron chi connectivity index (χ1n) is 6.31. The zero-order chi connectivity index (χ0) is 13.0. The van der Waals surface area contributed by atoms with E-state index in [1.807, 2.05) is 0 Å². The number of Topliss-reactive ketones (excluding diaryl/α,β-unsaturated/α-hetero) is 1. The molecule has 2 N–H and O–H groups in total. The summed E-state index contributed by atoms with van der Waals surface area (Å²) in [7, 11) is 0. The molecule has 1 atom stereocenters. The highest BCUT2D eigenvalue weighted by Gasteiger charge is 2.16. The van der Waals surface area contributed by atoms with Gasteiger partial charge in [0.1, 0.15) is 5.75 Å². The largest absolute Gasteiger partial charge is 0.493 e. The van der Waals surface area contributed by atoms with E-state index in [1.54, 1.807) is 18.2 Å². The van der Waals surface area contributed by atoms with E-state index in [9.17, 15) is 4.79 Å². The van der Waals surface area contributed by atoms with Crippen molar-refractivity contribution in [1.82, 2.24) is 0 Å². The van der Waals surface area contributed by atoms with Crippen LogP contribution in [0.2, 0.25) is 0 Å². The van der Waals surface area contributed by atoms with Crippen LogP contribution >= 0.6 is 0 Å². The Bertz CT molecular complexity index is 425. The summed E-state index contributed by atoms with van der Waals surface area (Å²) in [4.78, 5) is 11.5. The summed E-state index contributed by atoms with van der Waals surface area (Å²) >= 11 is 0. The lowest BCUT2D eigenvalue weighted by Crippen LogP contribution is -2.12. The summed E-state index contributed by atoms with van der Waals surface area (Å²) in [5, 5.41) is 0. The van der Waals surface area contributed by atoms with Crippen LogP contribution in [0.1, 0.15) is 36.5 Å². The number of benzene rings is 1. The number of ether oxygens (including phenoxy) is 2. The maximum absolute atomic E-state index is 11.5. The Morgan fingerprint density at radius 3 is 3.06 bits per heavy atom. The average molecular weight is 249 g/mol. The third kappa shape index (κ3) is 3.23. The van der Waals surface area contributed by atoms with Gasteiger partial charge < -0.3 is 15.2 Å². The number of carbonyl (C=O) groups is 1. The lowest BCUT2D eigenvalue weighted by atomic mass is 10.1. The Balaban J connectivity index is 1.93. The molecule has 1 aliphatic heterocycles. The predicted octanol–water partition coefficient (Wildman–Crippen LogP) is 2.42. The second-order valence-corrected chi connectivity index (χ2v) is 4.58. The molecule has 4 heteroatoms. The Morgan fingerprint density at radius 2 is 2.39 bits per heavy atom. The van der Waals surface area contributed by atoms with Gasteiger partial charge in [0.2, 0.25) is 0 Å². The molecule has 1 heterocycles. The van der Waals surface area contributed by atoms with Gasteiger partial charge in [0.05, 0.1) is 18.3 Å². The van der Waals surface area contributed by atoms with Crippen molar-refractivity contribution < 1.29 is 14.3 Å². The van der Waals surface area contributed by atoms with E-state index >= 15 is 0 Å². The summed E-state index contributed by atoms with van der Waals surface area (Å²) in [6, 6.07) is 5.15. The van der Waals surface area contributed by atoms with Crippen LogP contribution in [0.25, 0.3) is 0 Å². The van der Waals surface area contributed by atoms with E-state index in [0.717, 1.165) is 25.9 Å². The monoisotopic (exact) mass is 249 g/mol. The summed E-state index contributed by atoms with van der Waals surface area (Å²) < 4.78 is 11.2. The summed E-state index contributed by atoms with van der Waals surface area (Å²) in [5.74, 6) is 0.573. The van der Waals surface area contributed by atoms with Crippen molar-refractivity contribution in [1.29, 1.82) is 0 Å². The topological polar surface area (TPSA) is 61.6 Å². The SMILES string of the molecule is CC(=O)c1cc(N)ccc1OCCC1CCCO1. The molecule has 1 aromatic rings. The Labute approximate surface area is 107 Å². The fourth-order valence-corrected chi connectivity index (χ4v) is 2.12. The van der Waals surface area contributed by atoms with Gasteiger partial charge in [-0.25, -0.2) is 0 Å². The highest BCUT2D eigenvalue weighted by atomic mass is 16.5. The number of anilines is 1. The quantitative estimate of drug-likeness (QED) is 0.643. The van der Waals surface area contributed by atoms with Crippen LogP contribution in [0.5, 0.6) is 5.75 Å². The Morgan fingerprint density at radius 1 is 1.56 bits per heavy atom. The van der Waals surface area contributed by atoms with Crippen molar-refractivity contribution in [3.63, 3.8) is 0 Å². The summed E-state index contributed by atoms with van der Waals surface area (Å²) in [6.45, 7) is 2.93. The molecule has 2 rings (SSSR count). The van der Waals surface area contributed by atoms with Gasteiger partial charge in [0.25, 0.3) is 0 Å². The highest BCUT2D eigenvalue weighted by molar-refractivity contribution is 5.97. The molecule has 0 bridgehead atoms. The minimum Gasteiger partial charge on any atom is -0.493 e. The van der Waals surface area contributed by atoms with Crippen LogP contribution in [0.3, 0.4) is 0 Å². The van der Waals surface area contributed by atoms with Gasteiger partial charge in [-0.1, -0.05) is 0 Å². The molecule has 0 spiro atoms. The lowest BCUT2D eigenvalue weighted by Gasteiger charge is -2.13. The molecule has 0 amide bonds. The molecule has 98 valence electrons. The second-order valence-electron chi connectivity index (χ2n) is 4.58. The maximum atomic E-state index is 11.5. The fraction of sp³-hybridized carbons (Fsp3) is 0.500. The van der Waals surface area contributed by atoms with Crippen LogP contribution in [0.15, 0.2) is 18.2 Å². The van der Waals surface area contributed by atoms with E-state index in [1.165, 1.54) is 6.92 Å². The Kier molecular flexibility index (Phi) is 4.20. The first-order chi connectivity index (χ1) is 8.66. The van der Waals surface area contributed by atoms with E-state index in [0.29, 0.717) is 29.7 Å². The normalized spacial score (nSPS) is 18.8. The first-order valence-corrected chi connectivity index (χ1v) is 6.31. The van der Waals surface area contributed by atoms with E-state index in [2.05, 4.69) is 0 Å². The van der Waals surface area contributed by atoms with Crippen LogP contribution in [0, 0.1) is 0 Å². The van der Waals surface area contributed by atoms with Crippen molar-refractivity contribution in [2.24, 2.45) is 0 Å². The van der Waals surface area contributed by atoms with Crippen molar-refractivity contribution in [2.75, 3.05) is 18.9 Å². The number of nitrogens with two attached hydrogens (primary N) is 1. The minimum atomic E-state index is -0.0329. The van der Waals surface area contributed by atoms with E-state index in [-0.39, 0.29) is 5.78 Å². The smallest absolute Gasteiger partial charge is 0.163 e. The molecule has 1 fully saturated rings. The number of nitrogen functional groups attached to an aromatic ring is 1. The fourth-order valence-electron chi connectivity index (χ4n) is 2.12. The molecule has 1 saturated heterocycles. The van der Waals surface area contributed by atoms with Crippen LogP contribution in [-0.4, -0.2) is 25.1 Å². The molecule has 4 nitrogen and oxygen atoms in total. The maximum Gasteiger partial charge on any atom is 0.163 e. The molecule has 0 aliphatic carbocycles. The number of hydrogen-bond acceptors (Lipinski definition) is 4. The van der Waals surface area contributed by atoms with Crippen molar-refractivity contribution in [2.45, 2.75) is 32.3 Å². The molecule has 1 aliphatic rings. The molecule has 18 heavy (non-hydrogen) atoms. The zero-order valence-electron chi connectivity index (χ0n) is 10.6. The Hall–Kier alpha value is -1.55. The molecule has 1 aromatic carbocycles. The molecular weight excluding hydrogens is 230 g/mol. The van der Waals surface area contributed by atoms with Gasteiger partial charge in [-0.05, 0) is 38.0 Å². The number of carbonyl (C=O) groups excluding carboxylic acids is 1. The van der Waals surface area contributed by atoms with Crippen LogP contribution in [-0.2, 0) is 4.74 Å². The molecule has 0 radical (unpaired) electrons. The van der Waals surface area contributed by atoms with Crippen LogP contribution in [0.4, 0.5) is 5.69 Å². The predicted molar refractivity (Wildman–Crippen MR) is 69.9 cm³/mol. The zero-order valence-corrected chi connectivity index (χ0v) is 10.6. The van der Waals surface area contributed by atoms with Gasteiger partial charge in [0, 0.05) is 18.7 Å². The van der Waals surface area contributed by atoms with Gasteiger partial charge in [0.15, 0.2) is 5.78 Å². The molecular formula is C14H19NO3. The summed E-state index contributed by atoms with van der Waals surface area (Å²) in [6.07, 6.45) is 3.40. The third-order valence-corrected chi connectivity index (χ3v) is 3.10. The van der Waals surface area contributed by atoms with E-state index in [4.69, 9.17) is 15.2 Å². The van der Waals surface area contributed by atoms with Crippen LogP contribution < -0.4 is 10.5 Å². The van der Waals surface area contributed by atoms with Gasteiger partial charge in [-0.3, -0.25) is 4.79 Å². The first kappa shape index (κ1) is 12.9. The second kappa shape index (κ2) is 5.87. The van der Waals surface area contributed by atoms with Gasteiger partial charge in [-0.2, -0.15) is 0 Å². The van der Waals surface area contributed by atoms with E-state index < -0.39 is 0 Å². The number of rotatable bonds is 5. The molecule has 0 saturated carbocycles. The van der Waals surface area contributed by atoms with Crippen molar-refractivity contribution in [3.8, 4) is 5.75 Å². The van der Waals surface area contributed by atoms with Gasteiger partial charge >= 0.3 is 0 Å². The summed E-state index contributed by atoms with van der Waals surface area (Å²) in [5.41, 5.74) is 6.79. The van der Waals surface area contributed by atoms with Crippen molar-refractivity contribution in [3.05, 3.63) is 23.8 Å². The number of ketones is 1. The number of hydrogen-bond donors (Lipinski definition) is 1.